The van der Waals surface area contributed by atoms with Crippen LogP contribution in [0.5, 0.6) is 0 Å². The fraction of sp³-hybridized carbons (Fsp3) is 0. The van der Waals surface area contributed by atoms with Crippen LogP contribution in [0.3, 0.4) is 0 Å². The average molecular weight is 875 g/mol. The first kappa shape index (κ1) is 37.5. The van der Waals surface area contributed by atoms with E-state index in [1.54, 1.807) is 0 Å². The molecule has 0 bridgehead atoms. The topological polar surface area (TPSA) is 66.1 Å². The molecule has 7 nitrogen and oxygen atoms in total. The van der Waals surface area contributed by atoms with Gasteiger partial charge in [0.15, 0.2) is 13.9 Å². The Kier molecular flexibility index (Phi) is 8.17. The van der Waals surface area contributed by atoms with E-state index in [1.165, 1.54) is 31.5 Å². The van der Waals surface area contributed by atoms with Crippen LogP contribution < -0.4 is 20.7 Å². The highest BCUT2D eigenvalue weighted by molar-refractivity contribution is 7.20. The highest BCUT2D eigenvalue weighted by Crippen LogP contribution is 2.35. The average Bonchev–Trinajstić information content (AvgIpc) is 4.14. The van der Waals surface area contributed by atoms with E-state index in [1.807, 2.05) is 12.1 Å². The zero-order valence-corrected chi connectivity index (χ0v) is 37.0. The lowest BCUT2D eigenvalue weighted by atomic mass is 10.1. The molecular formula is C59H38N6OSi. The minimum absolute atomic E-state index is 0.614. The third-order valence-electron chi connectivity index (χ3n) is 13.6. The lowest BCUT2D eigenvalue weighted by molar-refractivity contribution is 0.669. The van der Waals surface area contributed by atoms with E-state index in [2.05, 4.69) is 232 Å². The first-order chi connectivity index (χ1) is 33.2. The van der Waals surface area contributed by atoms with Gasteiger partial charge in [-0.1, -0.05) is 176 Å². The normalized spacial score (nSPS) is 12.2. The van der Waals surface area contributed by atoms with Crippen LogP contribution in [-0.4, -0.2) is 36.6 Å². The van der Waals surface area contributed by atoms with Crippen molar-refractivity contribution in [3.63, 3.8) is 0 Å². The fourth-order valence-corrected chi connectivity index (χ4v) is 15.6. The number of fused-ring (bicyclic) bond motifs is 11. The SMILES string of the molecule is c1ccc([Si](c2ccccc2)(c2cccc(-c3nc(-n4c5ccccc5c5ccccc54)cc(-n4c5ccccc5n5c6ccccc6nc45)n3)c2)c2ccc3oc4ccccc4c3c2)cc1. The molecule has 0 amide bonds. The summed E-state index contributed by atoms with van der Waals surface area (Å²) in [6.45, 7) is 0. The highest BCUT2D eigenvalue weighted by atomic mass is 28.3. The van der Waals surface area contributed by atoms with Crippen LogP contribution in [0, 0.1) is 0 Å². The lowest BCUT2D eigenvalue weighted by Crippen LogP contribution is -2.74. The molecule has 0 aliphatic carbocycles. The first-order valence-electron chi connectivity index (χ1n) is 22.6. The van der Waals surface area contributed by atoms with Gasteiger partial charge in [-0.3, -0.25) is 13.5 Å². The predicted molar refractivity (Wildman–Crippen MR) is 276 cm³/mol. The molecule has 0 aliphatic heterocycles. The van der Waals surface area contributed by atoms with Crippen molar-refractivity contribution < 1.29 is 4.42 Å². The van der Waals surface area contributed by atoms with Crippen molar-refractivity contribution in [2.45, 2.75) is 0 Å². The molecule has 8 heteroatoms. The molecule has 0 saturated carbocycles. The van der Waals surface area contributed by atoms with E-state index in [4.69, 9.17) is 19.4 Å². The van der Waals surface area contributed by atoms with E-state index in [0.717, 1.165) is 78.0 Å². The summed E-state index contributed by atoms with van der Waals surface area (Å²) in [5.41, 5.74) is 8.85. The Balaban J connectivity index is 1.07. The van der Waals surface area contributed by atoms with Gasteiger partial charge in [-0.15, -0.1) is 0 Å². The smallest absolute Gasteiger partial charge is 0.221 e. The fourth-order valence-electron chi connectivity index (χ4n) is 10.8. The number of rotatable bonds is 7. The molecule has 0 unspecified atom stereocenters. The molecule has 0 fully saturated rings. The summed E-state index contributed by atoms with van der Waals surface area (Å²) in [4.78, 5) is 16.4. The Hall–Kier alpha value is -8.85. The second-order valence-electron chi connectivity index (χ2n) is 17.2. The van der Waals surface area contributed by atoms with Crippen molar-refractivity contribution in [2.75, 3.05) is 0 Å². The van der Waals surface area contributed by atoms with Crippen molar-refractivity contribution >= 4 is 100 Å². The molecule has 5 aromatic heterocycles. The number of aromatic nitrogens is 6. The predicted octanol–water partition coefficient (Wildman–Crippen LogP) is 11.3. The zero-order chi connectivity index (χ0) is 44.1. The molecule has 5 heterocycles. The van der Waals surface area contributed by atoms with Crippen molar-refractivity contribution in [2.24, 2.45) is 0 Å². The minimum Gasteiger partial charge on any atom is -0.456 e. The largest absolute Gasteiger partial charge is 0.456 e. The Morgan fingerprint density at radius 2 is 0.881 bits per heavy atom. The number of hydrogen-bond donors (Lipinski definition) is 0. The number of furan rings is 1. The summed E-state index contributed by atoms with van der Waals surface area (Å²) in [6, 6.07) is 82.4. The molecule has 0 N–H and O–H groups in total. The molecule has 14 rings (SSSR count). The van der Waals surface area contributed by atoms with Crippen LogP contribution in [0.1, 0.15) is 0 Å². The summed E-state index contributed by atoms with van der Waals surface area (Å²) in [5.74, 6) is 2.89. The summed E-state index contributed by atoms with van der Waals surface area (Å²) in [7, 11) is -3.06. The van der Waals surface area contributed by atoms with Crippen molar-refractivity contribution in [1.82, 2.24) is 28.5 Å². The van der Waals surface area contributed by atoms with E-state index in [-0.39, 0.29) is 0 Å². The first-order valence-corrected chi connectivity index (χ1v) is 24.6. The zero-order valence-electron chi connectivity index (χ0n) is 36.0. The van der Waals surface area contributed by atoms with Gasteiger partial charge in [-0.2, -0.15) is 0 Å². The number of hydrogen-bond acceptors (Lipinski definition) is 4. The molecule has 67 heavy (non-hydrogen) atoms. The van der Waals surface area contributed by atoms with Gasteiger partial charge in [-0.05, 0) is 69.3 Å². The van der Waals surface area contributed by atoms with Crippen molar-refractivity contribution in [1.29, 1.82) is 0 Å². The molecule has 0 radical (unpaired) electrons. The Labute approximate surface area is 385 Å². The third kappa shape index (κ3) is 5.54. The lowest BCUT2D eigenvalue weighted by Gasteiger charge is -2.34. The van der Waals surface area contributed by atoms with Gasteiger partial charge in [0, 0.05) is 33.2 Å². The second-order valence-corrected chi connectivity index (χ2v) is 21.0. The molecule has 314 valence electrons. The summed E-state index contributed by atoms with van der Waals surface area (Å²) in [5, 5.41) is 9.58. The standard InChI is InChI=1S/C59H38N6OSi/c1-3-19-40(20-4-1)67(41-21-5-2-6-22-41,43-34-35-55-47(37-43)46-26-9-16-33-54(46)66-55)42-23-17-18-39(36-42)58-61-56(63-49-28-11-7-24-44(49)45-25-8-12-29-50(45)63)38-57(62-58)65-53-32-15-14-31-52(53)64-51-30-13-10-27-48(51)60-59(64)65/h1-38H. The van der Waals surface area contributed by atoms with Crippen LogP contribution >= 0.6 is 0 Å². The molecule has 0 saturated heterocycles. The van der Waals surface area contributed by atoms with Crippen molar-refractivity contribution in [3.8, 4) is 23.0 Å². The van der Waals surface area contributed by atoms with Gasteiger partial charge in [0.1, 0.15) is 22.8 Å². The third-order valence-corrected chi connectivity index (χ3v) is 18.4. The minimum atomic E-state index is -3.06. The Morgan fingerprint density at radius 1 is 0.343 bits per heavy atom. The van der Waals surface area contributed by atoms with E-state index < -0.39 is 8.07 Å². The van der Waals surface area contributed by atoms with E-state index in [0.29, 0.717) is 5.82 Å². The maximum atomic E-state index is 6.41. The van der Waals surface area contributed by atoms with Crippen LogP contribution in [0.25, 0.3) is 94.6 Å². The quantitative estimate of drug-likeness (QED) is 0.118. The maximum Gasteiger partial charge on any atom is 0.221 e. The van der Waals surface area contributed by atoms with E-state index in [9.17, 15) is 0 Å². The van der Waals surface area contributed by atoms with Gasteiger partial charge in [0.25, 0.3) is 0 Å². The number of nitrogens with zero attached hydrogens (tertiary/aromatic N) is 6. The van der Waals surface area contributed by atoms with Gasteiger partial charge in [0.2, 0.25) is 5.78 Å². The molecular weight excluding hydrogens is 837 g/mol. The number of para-hydroxylation sites is 7. The molecule has 0 aliphatic rings. The monoisotopic (exact) mass is 874 g/mol. The molecule has 0 atom stereocenters. The molecule has 14 aromatic rings. The van der Waals surface area contributed by atoms with Crippen LogP contribution in [0.15, 0.2) is 235 Å². The summed E-state index contributed by atoms with van der Waals surface area (Å²) >= 11 is 0. The Morgan fingerprint density at radius 3 is 1.60 bits per heavy atom. The van der Waals surface area contributed by atoms with Gasteiger partial charge < -0.3 is 4.42 Å². The molecule has 0 spiro atoms. The van der Waals surface area contributed by atoms with Crippen molar-refractivity contribution in [3.05, 3.63) is 231 Å². The molecule has 9 aromatic carbocycles. The van der Waals surface area contributed by atoms with Crippen LogP contribution in [-0.2, 0) is 0 Å². The number of benzene rings is 9. The van der Waals surface area contributed by atoms with Crippen LogP contribution in [0.4, 0.5) is 0 Å². The van der Waals surface area contributed by atoms with E-state index >= 15 is 0 Å². The Bertz CT molecular complexity index is 4150. The number of imidazole rings is 2. The van der Waals surface area contributed by atoms with Gasteiger partial charge in [-0.25, -0.2) is 15.0 Å². The van der Waals surface area contributed by atoms with Crippen LogP contribution in [0.2, 0.25) is 0 Å². The summed E-state index contributed by atoms with van der Waals surface area (Å²) in [6.07, 6.45) is 0. The second kappa shape index (κ2) is 14.6. The summed E-state index contributed by atoms with van der Waals surface area (Å²) < 4.78 is 13.1. The van der Waals surface area contributed by atoms with Gasteiger partial charge >= 0.3 is 0 Å². The highest BCUT2D eigenvalue weighted by Gasteiger charge is 2.42. The van der Waals surface area contributed by atoms with Gasteiger partial charge in [0.05, 0.1) is 33.1 Å². The maximum absolute atomic E-state index is 6.41.